The van der Waals surface area contributed by atoms with Crippen molar-refractivity contribution in [2.75, 3.05) is 11.9 Å². The topological polar surface area (TPSA) is 66.6 Å². The standard InChI is InChI=1S/C14H20N2O3/c1-10-6-5-8-12(16(18)19)14(10)15(2)11-7-3-4-9-13(11)17/h5-6,8,11,13,17H,3-4,7,9H2,1-2H3. The lowest BCUT2D eigenvalue weighted by Gasteiger charge is -2.36. The first kappa shape index (κ1) is 13.8. The maximum absolute atomic E-state index is 11.2. The lowest BCUT2D eigenvalue weighted by molar-refractivity contribution is -0.384. The minimum atomic E-state index is -0.405. The second kappa shape index (κ2) is 5.57. The number of rotatable bonds is 3. The van der Waals surface area contributed by atoms with E-state index in [1.807, 2.05) is 24.9 Å². The first-order valence-corrected chi connectivity index (χ1v) is 6.67. The zero-order chi connectivity index (χ0) is 14.0. The molecule has 104 valence electrons. The molecule has 0 amide bonds. The van der Waals surface area contributed by atoms with E-state index >= 15 is 0 Å². The molecule has 0 aliphatic heterocycles. The van der Waals surface area contributed by atoms with Crippen LogP contribution in [0.15, 0.2) is 18.2 Å². The quantitative estimate of drug-likeness (QED) is 0.673. The zero-order valence-electron chi connectivity index (χ0n) is 11.4. The lowest BCUT2D eigenvalue weighted by Crippen LogP contribution is -2.44. The second-order valence-corrected chi connectivity index (χ2v) is 5.23. The summed E-state index contributed by atoms with van der Waals surface area (Å²) in [6, 6.07) is 5.05. The first-order chi connectivity index (χ1) is 9.02. The van der Waals surface area contributed by atoms with Gasteiger partial charge in [0.1, 0.15) is 5.69 Å². The van der Waals surface area contributed by atoms with Gasteiger partial charge in [0.2, 0.25) is 0 Å². The third-order valence-electron chi connectivity index (χ3n) is 3.96. The summed E-state index contributed by atoms with van der Waals surface area (Å²) in [5, 5.41) is 21.3. The Balaban J connectivity index is 2.37. The van der Waals surface area contributed by atoms with Crippen molar-refractivity contribution in [2.24, 2.45) is 0 Å². The molecule has 1 fully saturated rings. The van der Waals surface area contributed by atoms with E-state index in [9.17, 15) is 15.2 Å². The van der Waals surface area contributed by atoms with E-state index in [0.29, 0.717) is 5.69 Å². The van der Waals surface area contributed by atoms with Crippen LogP contribution in [0.5, 0.6) is 0 Å². The molecule has 19 heavy (non-hydrogen) atoms. The van der Waals surface area contributed by atoms with Crippen LogP contribution in [0.2, 0.25) is 0 Å². The van der Waals surface area contributed by atoms with Crippen LogP contribution in [-0.2, 0) is 0 Å². The number of para-hydroxylation sites is 1. The summed E-state index contributed by atoms with van der Waals surface area (Å²) in [5.41, 5.74) is 1.60. The van der Waals surface area contributed by atoms with Gasteiger partial charge in [-0.3, -0.25) is 10.1 Å². The third kappa shape index (κ3) is 2.71. The molecule has 0 aromatic heterocycles. The second-order valence-electron chi connectivity index (χ2n) is 5.23. The van der Waals surface area contributed by atoms with Crippen LogP contribution in [0.1, 0.15) is 31.2 Å². The number of nitro benzene ring substituents is 1. The number of anilines is 1. The van der Waals surface area contributed by atoms with Crippen molar-refractivity contribution in [3.8, 4) is 0 Å². The molecule has 0 saturated heterocycles. The molecule has 2 atom stereocenters. The van der Waals surface area contributed by atoms with Crippen molar-refractivity contribution in [3.05, 3.63) is 33.9 Å². The molecule has 0 spiro atoms. The Bertz CT molecular complexity index is 476. The smallest absolute Gasteiger partial charge is 0.292 e. The van der Waals surface area contributed by atoms with Gasteiger partial charge in [0.15, 0.2) is 0 Å². The molecule has 0 radical (unpaired) electrons. The van der Waals surface area contributed by atoms with E-state index in [1.54, 1.807) is 6.07 Å². The van der Waals surface area contributed by atoms with Gasteiger partial charge < -0.3 is 10.0 Å². The molecule has 5 nitrogen and oxygen atoms in total. The van der Waals surface area contributed by atoms with Crippen LogP contribution in [0.4, 0.5) is 11.4 Å². The Hall–Kier alpha value is -1.62. The van der Waals surface area contributed by atoms with Crippen LogP contribution in [0.25, 0.3) is 0 Å². The van der Waals surface area contributed by atoms with Crippen molar-refractivity contribution >= 4 is 11.4 Å². The Labute approximate surface area is 113 Å². The number of likely N-dealkylation sites (N-methyl/N-ethyl adjacent to an activating group) is 1. The number of hydrogen-bond acceptors (Lipinski definition) is 4. The van der Waals surface area contributed by atoms with E-state index in [-0.39, 0.29) is 16.7 Å². The summed E-state index contributed by atoms with van der Waals surface area (Å²) >= 11 is 0. The molecule has 1 aliphatic carbocycles. The van der Waals surface area contributed by atoms with E-state index in [2.05, 4.69) is 0 Å². The maximum atomic E-state index is 11.2. The molecule has 5 heteroatoms. The predicted molar refractivity (Wildman–Crippen MR) is 74.5 cm³/mol. The van der Waals surface area contributed by atoms with Crippen LogP contribution in [0, 0.1) is 17.0 Å². The molecule has 1 N–H and O–H groups in total. The largest absolute Gasteiger partial charge is 0.391 e. The highest BCUT2D eigenvalue weighted by Crippen LogP contribution is 2.35. The average molecular weight is 264 g/mol. The highest BCUT2D eigenvalue weighted by molar-refractivity contribution is 5.67. The van der Waals surface area contributed by atoms with Gasteiger partial charge in [-0.1, -0.05) is 25.0 Å². The summed E-state index contributed by atoms with van der Waals surface area (Å²) in [6.45, 7) is 1.87. The zero-order valence-corrected chi connectivity index (χ0v) is 11.4. The molecule has 1 aliphatic rings. The highest BCUT2D eigenvalue weighted by atomic mass is 16.6. The van der Waals surface area contributed by atoms with Crippen LogP contribution < -0.4 is 4.90 Å². The first-order valence-electron chi connectivity index (χ1n) is 6.67. The summed E-state index contributed by atoms with van der Waals surface area (Å²) < 4.78 is 0. The van der Waals surface area contributed by atoms with Crippen molar-refractivity contribution in [1.82, 2.24) is 0 Å². The fourth-order valence-corrected chi connectivity index (χ4v) is 2.96. The minimum Gasteiger partial charge on any atom is -0.391 e. The van der Waals surface area contributed by atoms with Crippen molar-refractivity contribution in [3.63, 3.8) is 0 Å². The molecule has 0 heterocycles. The molecule has 1 aromatic rings. The predicted octanol–water partition coefficient (Wildman–Crippen LogP) is 2.64. The van der Waals surface area contributed by atoms with E-state index < -0.39 is 6.10 Å². The fraction of sp³-hybridized carbons (Fsp3) is 0.571. The van der Waals surface area contributed by atoms with Crippen LogP contribution in [-0.4, -0.2) is 29.2 Å². The Morgan fingerprint density at radius 3 is 2.68 bits per heavy atom. The lowest BCUT2D eigenvalue weighted by atomic mass is 9.91. The molecule has 2 unspecified atom stereocenters. The van der Waals surface area contributed by atoms with E-state index in [1.165, 1.54) is 6.07 Å². The highest BCUT2D eigenvalue weighted by Gasteiger charge is 2.30. The summed E-state index contributed by atoms with van der Waals surface area (Å²) in [6.07, 6.45) is 3.34. The van der Waals surface area contributed by atoms with Crippen molar-refractivity contribution in [1.29, 1.82) is 0 Å². The number of aryl methyl sites for hydroxylation is 1. The summed E-state index contributed by atoms with van der Waals surface area (Å²) in [4.78, 5) is 12.7. The van der Waals surface area contributed by atoms with Crippen molar-refractivity contribution in [2.45, 2.75) is 44.8 Å². The Morgan fingerprint density at radius 2 is 2.05 bits per heavy atom. The summed E-state index contributed by atoms with van der Waals surface area (Å²) in [5.74, 6) is 0. The fourth-order valence-electron chi connectivity index (χ4n) is 2.96. The SMILES string of the molecule is Cc1cccc([N+](=O)[O-])c1N(C)C1CCCCC1O. The van der Waals surface area contributed by atoms with Gasteiger partial charge in [0, 0.05) is 13.1 Å². The van der Waals surface area contributed by atoms with Crippen molar-refractivity contribution < 1.29 is 10.0 Å². The average Bonchev–Trinajstić information content (AvgIpc) is 2.38. The number of aliphatic hydroxyl groups is 1. The van der Waals surface area contributed by atoms with Gasteiger partial charge in [-0.05, 0) is 25.3 Å². The molecule has 1 aromatic carbocycles. The van der Waals surface area contributed by atoms with E-state index in [0.717, 1.165) is 31.2 Å². The van der Waals surface area contributed by atoms with Gasteiger partial charge in [-0.25, -0.2) is 0 Å². The number of nitrogens with zero attached hydrogens (tertiary/aromatic N) is 2. The number of aliphatic hydroxyl groups excluding tert-OH is 1. The Morgan fingerprint density at radius 1 is 1.37 bits per heavy atom. The molecular formula is C14H20N2O3. The van der Waals surface area contributed by atoms with Gasteiger partial charge >= 0.3 is 0 Å². The molecule has 0 bridgehead atoms. The van der Waals surface area contributed by atoms with Gasteiger partial charge in [-0.2, -0.15) is 0 Å². The van der Waals surface area contributed by atoms with Gasteiger partial charge in [0.25, 0.3) is 5.69 Å². The minimum absolute atomic E-state index is 0.0338. The third-order valence-corrected chi connectivity index (χ3v) is 3.96. The molecule has 1 saturated carbocycles. The van der Waals surface area contributed by atoms with Crippen LogP contribution in [0.3, 0.4) is 0 Å². The molecule has 2 rings (SSSR count). The van der Waals surface area contributed by atoms with Gasteiger partial charge in [-0.15, -0.1) is 0 Å². The number of benzene rings is 1. The maximum Gasteiger partial charge on any atom is 0.292 e. The van der Waals surface area contributed by atoms with E-state index in [4.69, 9.17) is 0 Å². The normalized spacial score (nSPS) is 23.1. The van der Waals surface area contributed by atoms with Crippen LogP contribution >= 0.6 is 0 Å². The summed E-state index contributed by atoms with van der Waals surface area (Å²) in [7, 11) is 1.84. The number of hydrogen-bond donors (Lipinski definition) is 1. The Kier molecular flexibility index (Phi) is 4.04. The number of nitro groups is 1. The monoisotopic (exact) mass is 264 g/mol. The molecular weight excluding hydrogens is 244 g/mol. The van der Waals surface area contributed by atoms with Gasteiger partial charge in [0.05, 0.1) is 17.1 Å².